The highest BCUT2D eigenvalue weighted by molar-refractivity contribution is 5.88. The van der Waals surface area contributed by atoms with Crippen LogP contribution in [-0.4, -0.2) is 41.0 Å². The van der Waals surface area contributed by atoms with E-state index in [4.69, 9.17) is 5.11 Å². The second-order valence-corrected chi connectivity index (χ2v) is 4.92. The molecule has 1 heterocycles. The Morgan fingerprint density at radius 1 is 1.35 bits per heavy atom. The van der Waals surface area contributed by atoms with Gasteiger partial charge >= 0.3 is 5.97 Å². The predicted molar refractivity (Wildman–Crippen MR) is 72.3 cm³/mol. The fourth-order valence-corrected chi connectivity index (χ4v) is 2.33. The van der Waals surface area contributed by atoms with Crippen molar-refractivity contribution in [2.45, 2.75) is 25.8 Å². The number of hydrogen-bond acceptors (Lipinski definition) is 3. The second-order valence-electron chi connectivity index (χ2n) is 4.92. The van der Waals surface area contributed by atoms with Crippen molar-refractivity contribution in [3.63, 3.8) is 0 Å². The SMILES string of the molecule is CC(=O)N1CCC(Nc2cc(C(=O)O)ccc2F)CC1. The third kappa shape index (κ3) is 3.26. The van der Waals surface area contributed by atoms with Gasteiger partial charge in [-0.1, -0.05) is 0 Å². The zero-order chi connectivity index (χ0) is 14.7. The van der Waals surface area contributed by atoms with Crippen LogP contribution >= 0.6 is 0 Å². The topological polar surface area (TPSA) is 69.6 Å². The molecular formula is C14H17FN2O3. The van der Waals surface area contributed by atoms with Crippen LogP contribution in [0.25, 0.3) is 0 Å². The minimum Gasteiger partial charge on any atom is -0.478 e. The minimum atomic E-state index is -1.08. The molecule has 0 aliphatic carbocycles. The molecule has 0 radical (unpaired) electrons. The van der Waals surface area contributed by atoms with Crippen molar-refractivity contribution in [1.29, 1.82) is 0 Å². The first-order valence-corrected chi connectivity index (χ1v) is 6.52. The quantitative estimate of drug-likeness (QED) is 0.888. The first kappa shape index (κ1) is 14.3. The molecule has 108 valence electrons. The highest BCUT2D eigenvalue weighted by Gasteiger charge is 2.21. The number of amides is 1. The van der Waals surface area contributed by atoms with Crippen molar-refractivity contribution in [2.24, 2.45) is 0 Å². The lowest BCUT2D eigenvalue weighted by atomic mass is 10.0. The molecule has 1 fully saturated rings. The van der Waals surface area contributed by atoms with Crippen LogP contribution in [0.4, 0.5) is 10.1 Å². The average Bonchev–Trinajstić information content (AvgIpc) is 2.41. The monoisotopic (exact) mass is 280 g/mol. The molecular weight excluding hydrogens is 263 g/mol. The first-order chi connectivity index (χ1) is 9.47. The second kappa shape index (κ2) is 5.90. The van der Waals surface area contributed by atoms with Crippen molar-refractivity contribution in [2.75, 3.05) is 18.4 Å². The van der Waals surface area contributed by atoms with Gasteiger partial charge in [0.05, 0.1) is 11.3 Å². The van der Waals surface area contributed by atoms with Crippen molar-refractivity contribution < 1.29 is 19.1 Å². The van der Waals surface area contributed by atoms with E-state index in [-0.39, 0.29) is 23.2 Å². The number of carbonyl (C=O) groups excluding carboxylic acids is 1. The summed E-state index contributed by atoms with van der Waals surface area (Å²) in [6, 6.07) is 3.73. The van der Waals surface area contributed by atoms with Gasteiger partial charge in [-0.15, -0.1) is 0 Å². The van der Waals surface area contributed by atoms with Gasteiger partial charge in [0.25, 0.3) is 0 Å². The van der Waals surface area contributed by atoms with Crippen molar-refractivity contribution in [3.8, 4) is 0 Å². The van der Waals surface area contributed by atoms with Crippen LogP contribution in [0.1, 0.15) is 30.1 Å². The van der Waals surface area contributed by atoms with Crippen LogP contribution in [0.15, 0.2) is 18.2 Å². The van der Waals surface area contributed by atoms with E-state index in [1.807, 2.05) is 0 Å². The summed E-state index contributed by atoms with van der Waals surface area (Å²) < 4.78 is 13.7. The van der Waals surface area contributed by atoms with E-state index in [0.29, 0.717) is 13.1 Å². The molecule has 0 bridgehead atoms. The van der Waals surface area contributed by atoms with Crippen molar-refractivity contribution in [1.82, 2.24) is 4.90 Å². The lowest BCUT2D eigenvalue weighted by Gasteiger charge is -2.32. The van der Waals surface area contributed by atoms with Gasteiger partial charge in [-0.3, -0.25) is 4.79 Å². The number of anilines is 1. The molecule has 5 nitrogen and oxygen atoms in total. The van der Waals surface area contributed by atoms with Gasteiger partial charge in [0.15, 0.2) is 0 Å². The Kier molecular flexibility index (Phi) is 4.22. The van der Waals surface area contributed by atoms with Gasteiger partial charge in [-0.2, -0.15) is 0 Å². The number of carboxylic acid groups (broad SMARTS) is 1. The van der Waals surface area contributed by atoms with Gasteiger partial charge in [0.2, 0.25) is 5.91 Å². The molecule has 0 atom stereocenters. The molecule has 2 rings (SSSR count). The van der Waals surface area contributed by atoms with Crippen molar-refractivity contribution in [3.05, 3.63) is 29.6 Å². The molecule has 1 aromatic carbocycles. The van der Waals surface area contributed by atoms with Gasteiger partial charge in [-0.05, 0) is 31.0 Å². The maximum Gasteiger partial charge on any atom is 0.335 e. The Labute approximate surface area is 116 Å². The van der Waals surface area contributed by atoms with E-state index < -0.39 is 11.8 Å². The maximum atomic E-state index is 13.7. The zero-order valence-corrected chi connectivity index (χ0v) is 11.2. The molecule has 0 saturated carbocycles. The lowest BCUT2D eigenvalue weighted by molar-refractivity contribution is -0.129. The highest BCUT2D eigenvalue weighted by Crippen LogP contribution is 2.21. The zero-order valence-electron chi connectivity index (χ0n) is 11.2. The lowest BCUT2D eigenvalue weighted by Crippen LogP contribution is -2.41. The Balaban J connectivity index is 2.02. The summed E-state index contributed by atoms with van der Waals surface area (Å²) in [5, 5.41) is 11.9. The summed E-state index contributed by atoms with van der Waals surface area (Å²) in [7, 11) is 0. The fraction of sp³-hybridized carbons (Fsp3) is 0.429. The van der Waals surface area contributed by atoms with Crippen LogP contribution in [0.2, 0.25) is 0 Å². The number of hydrogen-bond donors (Lipinski definition) is 2. The standard InChI is InChI=1S/C14H17FN2O3/c1-9(18)17-6-4-11(5-7-17)16-13-8-10(14(19)20)2-3-12(13)15/h2-3,8,11,16H,4-7H2,1H3,(H,19,20). The van der Waals surface area contributed by atoms with E-state index in [2.05, 4.69) is 5.32 Å². The smallest absolute Gasteiger partial charge is 0.335 e. The number of halogens is 1. The van der Waals surface area contributed by atoms with Gasteiger partial charge < -0.3 is 15.3 Å². The van der Waals surface area contributed by atoms with Crippen LogP contribution in [0.3, 0.4) is 0 Å². The van der Waals surface area contributed by atoms with Gasteiger partial charge in [0, 0.05) is 26.1 Å². The predicted octanol–water partition coefficient (Wildman–Crippen LogP) is 1.95. The molecule has 1 aromatic rings. The minimum absolute atomic E-state index is 0.0440. The Hall–Kier alpha value is -2.11. The van der Waals surface area contributed by atoms with E-state index in [9.17, 15) is 14.0 Å². The molecule has 0 spiro atoms. The Morgan fingerprint density at radius 2 is 2.00 bits per heavy atom. The van der Waals surface area contributed by atoms with Gasteiger partial charge in [-0.25, -0.2) is 9.18 Å². The summed E-state index contributed by atoms with van der Waals surface area (Å²) in [5.74, 6) is -1.51. The summed E-state index contributed by atoms with van der Waals surface area (Å²) in [5.41, 5.74) is 0.251. The molecule has 6 heteroatoms. The maximum absolute atomic E-state index is 13.7. The Morgan fingerprint density at radius 3 is 2.55 bits per heavy atom. The third-order valence-corrected chi connectivity index (χ3v) is 3.51. The number of carboxylic acids is 1. The van der Waals surface area contributed by atoms with Crippen LogP contribution in [0, 0.1) is 5.82 Å². The van der Waals surface area contributed by atoms with Crippen LogP contribution in [0.5, 0.6) is 0 Å². The fourth-order valence-electron chi connectivity index (χ4n) is 2.33. The Bertz CT molecular complexity index is 525. The summed E-state index contributed by atoms with van der Waals surface area (Å²) in [4.78, 5) is 23.9. The third-order valence-electron chi connectivity index (χ3n) is 3.51. The number of rotatable bonds is 3. The van der Waals surface area contributed by atoms with Crippen LogP contribution in [-0.2, 0) is 4.79 Å². The number of aromatic carboxylic acids is 1. The van der Waals surface area contributed by atoms with Crippen molar-refractivity contribution >= 4 is 17.6 Å². The highest BCUT2D eigenvalue weighted by atomic mass is 19.1. The molecule has 1 aliphatic rings. The number of nitrogens with one attached hydrogen (secondary N) is 1. The first-order valence-electron chi connectivity index (χ1n) is 6.52. The van der Waals surface area contributed by atoms with E-state index >= 15 is 0 Å². The van der Waals surface area contributed by atoms with E-state index in [1.54, 1.807) is 4.90 Å². The largest absolute Gasteiger partial charge is 0.478 e. The summed E-state index contributed by atoms with van der Waals surface area (Å²) in [6.45, 7) is 2.80. The van der Waals surface area contributed by atoms with E-state index in [1.165, 1.54) is 19.1 Å². The molecule has 1 aliphatic heterocycles. The number of carbonyl (C=O) groups is 2. The normalized spacial score (nSPS) is 16.0. The van der Waals surface area contributed by atoms with E-state index in [0.717, 1.165) is 18.9 Å². The summed E-state index contributed by atoms with van der Waals surface area (Å²) >= 11 is 0. The molecule has 20 heavy (non-hydrogen) atoms. The number of nitrogens with zero attached hydrogens (tertiary/aromatic N) is 1. The molecule has 2 N–H and O–H groups in total. The molecule has 1 amide bonds. The number of likely N-dealkylation sites (tertiary alicyclic amines) is 1. The van der Waals surface area contributed by atoms with Crippen LogP contribution < -0.4 is 5.32 Å². The average molecular weight is 280 g/mol. The molecule has 0 aromatic heterocycles. The number of benzene rings is 1. The molecule has 0 unspecified atom stereocenters. The van der Waals surface area contributed by atoms with Gasteiger partial charge in [0.1, 0.15) is 5.82 Å². The molecule has 1 saturated heterocycles. The summed E-state index contributed by atoms with van der Waals surface area (Å²) in [6.07, 6.45) is 1.44. The number of piperidine rings is 1.